The number of sulfonamides is 1. The summed E-state index contributed by atoms with van der Waals surface area (Å²) in [4.78, 5) is 10.3. The van der Waals surface area contributed by atoms with Crippen LogP contribution in [0.15, 0.2) is 58.6 Å². The second-order valence-corrected chi connectivity index (χ2v) is 5.69. The number of nitrogens with one attached hydrogen (secondary N) is 1. The highest BCUT2D eigenvalue weighted by molar-refractivity contribution is 7.89. The number of hydrogen-bond acceptors (Lipinski definition) is 5. The molecule has 3 N–H and O–H groups in total. The number of nitroso groups, excluding NO2 is 1. The Morgan fingerprint density at radius 1 is 1.10 bits per heavy atom. The molecule has 6 nitrogen and oxygen atoms in total. The Labute approximate surface area is 116 Å². The van der Waals surface area contributed by atoms with E-state index in [9.17, 15) is 13.3 Å². The third-order valence-corrected chi connectivity index (χ3v) is 3.65. The fraction of sp³-hybridized carbons (Fsp3) is 0.0769. The smallest absolute Gasteiger partial charge is 0.240 e. The zero-order valence-electron chi connectivity index (χ0n) is 10.5. The molecule has 0 spiro atoms. The molecule has 0 unspecified atom stereocenters. The first-order valence-electron chi connectivity index (χ1n) is 5.79. The predicted octanol–water partition coefficient (Wildman–Crippen LogP) is 2.34. The van der Waals surface area contributed by atoms with Gasteiger partial charge in [0.25, 0.3) is 0 Å². The fourth-order valence-corrected chi connectivity index (χ4v) is 2.47. The molecule has 0 amide bonds. The number of anilines is 1. The maximum atomic E-state index is 11.5. The normalized spacial score (nSPS) is 11.1. The molecule has 20 heavy (non-hydrogen) atoms. The molecule has 0 aromatic heterocycles. The van der Waals surface area contributed by atoms with Crippen LogP contribution in [0.3, 0.4) is 0 Å². The SMILES string of the molecule is NS(=O)(=O)c1cc(N=O)ccc1NCc1ccccc1. The summed E-state index contributed by atoms with van der Waals surface area (Å²) in [5.41, 5.74) is 1.34. The molecule has 0 fully saturated rings. The molecule has 0 radical (unpaired) electrons. The number of benzene rings is 2. The van der Waals surface area contributed by atoms with E-state index < -0.39 is 10.0 Å². The maximum Gasteiger partial charge on any atom is 0.240 e. The molecule has 0 saturated heterocycles. The first kappa shape index (κ1) is 14.2. The van der Waals surface area contributed by atoms with E-state index in [1.54, 1.807) is 0 Å². The highest BCUT2D eigenvalue weighted by atomic mass is 32.2. The lowest BCUT2D eigenvalue weighted by atomic mass is 10.2. The third-order valence-electron chi connectivity index (χ3n) is 2.70. The van der Waals surface area contributed by atoms with Crippen molar-refractivity contribution in [3.8, 4) is 0 Å². The van der Waals surface area contributed by atoms with Gasteiger partial charge in [0.1, 0.15) is 10.6 Å². The Kier molecular flexibility index (Phi) is 4.11. The summed E-state index contributed by atoms with van der Waals surface area (Å²) in [5, 5.41) is 10.8. The predicted molar refractivity (Wildman–Crippen MR) is 77.0 cm³/mol. The topological polar surface area (TPSA) is 102 Å². The van der Waals surface area contributed by atoms with E-state index in [4.69, 9.17) is 5.14 Å². The number of hydrogen-bond donors (Lipinski definition) is 2. The monoisotopic (exact) mass is 291 g/mol. The van der Waals surface area contributed by atoms with Crippen LogP contribution in [0.25, 0.3) is 0 Å². The zero-order valence-corrected chi connectivity index (χ0v) is 11.3. The standard InChI is InChI=1S/C13H13N3O3S/c14-20(18,19)13-8-11(16-17)6-7-12(13)15-9-10-4-2-1-3-5-10/h1-8,15H,9H2,(H2,14,18,19). The maximum absolute atomic E-state index is 11.5. The molecular formula is C13H13N3O3S. The molecule has 0 aliphatic rings. The largest absolute Gasteiger partial charge is 0.380 e. The van der Waals surface area contributed by atoms with Crippen LogP contribution in [0.5, 0.6) is 0 Å². The van der Waals surface area contributed by atoms with Crippen molar-refractivity contribution in [1.82, 2.24) is 0 Å². The zero-order chi connectivity index (χ0) is 14.6. The van der Waals surface area contributed by atoms with Crippen molar-refractivity contribution in [3.05, 3.63) is 59.0 Å². The lowest BCUT2D eigenvalue weighted by molar-refractivity contribution is 0.598. The minimum atomic E-state index is -3.93. The molecule has 7 heteroatoms. The summed E-state index contributed by atoms with van der Waals surface area (Å²) in [6.45, 7) is 0.442. The van der Waals surface area contributed by atoms with Crippen molar-refractivity contribution in [2.75, 3.05) is 5.32 Å². The van der Waals surface area contributed by atoms with Crippen molar-refractivity contribution in [3.63, 3.8) is 0 Å². The van der Waals surface area contributed by atoms with E-state index in [1.165, 1.54) is 12.1 Å². The molecule has 2 aromatic carbocycles. The summed E-state index contributed by atoms with van der Waals surface area (Å²) in [7, 11) is -3.93. The first-order chi connectivity index (χ1) is 9.50. The van der Waals surface area contributed by atoms with Gasteiger partial charge in [-0.3, -0.25) is 0 Å². The van der Waals surface area contributed by atoms with Crippen LogP contribution in [0.2, 0.25) is 0 Å². The van der Waals surface area contributed by atoms with Gasteiger partial charge in [-0.2, -0.15) is 0 Å². The number of nitrogens with two attached hydrogens (primary N) is 1. The average molecular weight is 291 g/mol. The minimum Gasteiger partial charge on any atom is -0.380 e. The van der Waals surface area contributed by atoms with Crippen LogP contribution in [0.1, 0.15) is 5.56 Å². The van der Waals surface area contributed by atoms with Gasteiger partial charge in [-0.25, -0.2) is 13.6 Å². The van der Waals surface area contributed by atoms with Gasteiger partial charge in [0.2, 0.25) is 10.0 Å². The molecule has 0 aliphatic heterocycles. The fourth-order valence-electron chi connectivity index (χ4n) is 1.74. The second-order valence-electron chi connectivity index (χ2n) is 4.16. The van der Waals surface area contributed by atoms with Gasteiger partial charge in [-0.15, -0.1) is 4.91 Å². The Hall–Kier alpha value is -2.25. The van der Waals surface area contributed by atoms with Crippen molar-refractivity contribution in [2.45, 2.75) is 11.4 Å². The second kappa shape index (κ2) is 5.81. The van der Waals surface area contributed by atoms with Crippen LogP contribution in [-0.4, -0.2) is 8.42 Å². The van der Waals surface area contributed by atoms with E-state index in [0.717, 1.165) is 11.6 Å². The van der Waals surface area contributed by atoms with Crippen LogP contribution in [0, 0.1) is 4.91 Å². The van der Waals surface area contributed by atoms with Crippen molar-refractivity contribution in [2.24, 2.45) is 10.3 Å². The van der Waals surface area contributed by atoms with Crippen LogP contribution in [0.4, 0.5) is 11.4 Å². The summed E-state index contributed by atoms with van der Waals surface area (Å²) in [6.07, 6.45) is 0. The van der Waals surface area contributed by atoms with Gasteiger partial charge >= 0.3 is 0 Å². The van der Waals surface area contributed by atoms with Crippen LogP contribution >= 0.6 is 0 Å². The Bertz CT molecular complexity index is 715. The van der Waals surface area contributed by atoms with E-state index in [0.29, 0.717) is 12.2 Å². The molecule has 0 aliphatic carbocycles. The van der Waals surface area contributed by atoms with E-state index in [2.05, 4.69) is 10.5 Å². The van der Waals surface area contributed by atoms with Crippen LogP contribution < -0.4 is 10.5 Å². The first-order valence-corrected chi connectivity index (χ1v) is 7.33. The van der Waals surface area contributed by atoms with Gasteiger partial charge < -0.3 is 5.32 Å². The van der Waals surface area contributed by atoms with Crippen molar-refractivity contribution in [1.29, 1.82) is 0 Å². The van der Waals surface area contributed by atoms with Crippen LogP contribution in [-0.2, 0) is 16.6 Å². The van der Waals surface area contributed by atoms with Crippen molar-refractivity contribution >= 4 is 21.4 Å². The summed E-state index contributed by atoms with van der Waals surface area (Å²) < 4.78 is 23.1. The molecule has 2 aromatic rings. The average Bonchev–Trinajstić information content (AvgIpc) is 2.45. The third kappa shape index (κ3) is 3.40. The number of nitrogens with zero attached hydrogens (tertiary/aromatic N) is 1. The number of primary sulfonamides is 1. The van der Waals surface area contributed by atoms with E-state index >= 15 is 0 Å². The van der Waals surface area contributed by atoms with Gasteiger partial charge in [0.05, 0.1) is 5.69 Å². The number of rotatable bonds is 5. The summed E-state index contributed by atoms with van der Waals surface area (Å²) in [6, 6.07) is 13.5. The Morgan fingerprint density at radius 3 is 2.40 bits per heavy atom. The Morgan fingerprint density at radius 2 is 1.80 bits per heavy atom. The van der Waals surface area contributed by atoms with Crippen molar-refractivity contribution < 1.29 is 8.42 Å². The molecule has 0 heterocycles. The van der Waals surface area contributed by atoms with Gasteiger partial charge in [0.15, 0.2) is 0 Å². The van der Waals surface area contributed by atoms with Gasteiger partial charge in [0, 0.05) is 6.54 Å². The van der Waals surface area contributed by atoms with E-state index in [1.807, 2.05) is 30.3 Å². The molecular weight excluding hydrogens is 278 g/mol. The quantitative estimate of drug-likeness (QED) is 0.825. The molecule has 2 rings (SSSR count). The summed E-state index contributed by atoms with van der Waals surface area (Å²) >= 11 is 0. The lowest BCUT2D eigenvalue weighted by Crippen LogP contribution is -2.15. The van der Waals surface area contributed by atoms with E-state index in [-0.39, 0.29) is 10.6 Å². The highest BCUT2D eigenvalue weighted by Crippen LogP contribution is 2.26. The molecule has 0 atom stereocenters. The molecule has 104 valence electrons. The van der Waals surface area contributed by atoms with Gasteiger partial charge in [-0.1, -0.05) is 30.3 Å². The van der Waals surface area contributed by atoms with Gasteiger partial charge in [-0.05, 0) is 28.9 Å². The molecule has 0 saturated carbocycles. The highest BCUT2D eigenvalue weighted by Gasteiger charge is 2.15. The summed E-state index contributed by atoms with van der Waals surface area (Å²) in [5.74, 6) is 0. The molecule has 0 bridgehead atoms. The Balaban J connectivity index is 2.30. The lowest BCUT2D eigenvalue weighted by Gasteiger charge is -2.11. The minimum absolute atomic E-state index is 0.0132.